The molecule has 1 aliphatic heterocycles. The van der Waals surface area contributed by atoms with Gasteiger partial charge in [-0.15, -0.1) is 0 Å². The van der Waals surface area contributed by atoms with Crippen molar-refractivity contribution in [3.05, 3.63) is 29.8 Å². The topological polar surface area (TPSA) is 70.7 Å². The molecule has 3 N–H and O–H groups in total. The number of benzene rings is 1. The van der Waals surface area contributed by atoms with Crippen LogP contribution in [0.15, 0.2) is 29.3 Å². The molecule has 5 heteroatoms. The predicted molar refractivity (Wildman–Crippen MR) is 81.9 cm³/mol. The fraction of sp³-hybridized carbons (Fsp3) is 0.467. The number of unbranched alkanes of at least 4 members (excludes halogenated alkanes) is 1. The van der Waals surface area contributed by atoms with Gasteiger partial charge in [0, 0.05) is 18.8 Å². The third-order valence-electron chi connectivity index (χ3n) is 3.41. The van der Waals surface area contributed by atoms with E-state index in [1.807, 2.05) is 18.2 Å². The second-order valence-electron chi connectivity index (χ2n) is 4.91. The first-order chi connectivity index (χ1) is 9.72. The molecule has 0 fully saturated rings. The number of carbonyl (C=O) groups is 1. The van der Waals surface area contributed by atoms with Gasteiger partial charge in [-0.05, 0) is 24.5 Å². The van der Waals surface area contributed by atoms with Crippen molar-refractivity contribution in [3.63, 3.8) is 0 Å². The maximum Gasteiger partial charge on any atom is 0.248 e. The fourth-order valence-electron chi connectivity index (χ4n) is 2.28. The fourth-order valence-corrected chi connectivity index (χ4v) is 2.28. The number of amides is 1. The Morgan fingerprint density at radius 3 is 3.05 bits per heavy atom. The van der Waals surface area contributed by atoms with Crippen molar-refractivity contribution in [1.29, 1.82) is 0 Å². The highest BCUT2D eigenvalue weighted by Gasteiger charge is 2.23. The Bertz CT molecular complexity index is 498. The van der Waals surface area contributed by atoms with Crippen molar-refractivity contribution in [1.82, 2.24) is 5.32 Å². The average Bonchev–Trinajstić information content (AvgIpc) is 2.89. The van der Waals surface area contributed by atoms with E-state index in [1.165, 1.54) is 5.56 Å². The lowest BCUT2D eigenvalue weighted by atomic mass is 10.2. The molecule has 108 valence electrons. The molecule has 20 heavy (non-hydrogen) atoms. The quantitative estimate of drug-likeness (QED) is 0.483. The number of anilines is 1. The van der Waals surface area contributed by atoms with E-state index in [0.717, 1.165) is 38.0 Å². The van der Waals surface area contributed by atoms with Crippen LogP contribution in [0.5, 0.6) is 0 Å². The van der Waals surface area contributed by atoms with Crippen molar-refractivity contribution in [3.8, 4) is 0 Å². The minimum atomic E-state index is -0.00445. The van der Waals surface area contributed by atoms with Crippen molar-refractivity contribution in [2.45, 2.75) is 26.2 Å². The highest BCUT2D eigenvalue weighted by Crippen LogP contribution is 2.27. The third kappa shape index (κ3) is 3.50. The van der Waals surface area contributed by atoms with Crippen LogP contribution in [-0.2, 0) is 11.2 Å². The molecule has 0 saturated carbocycles. The van der Waals surface area contributed by atoms with Gasteiger partial charge in [-0.3, -0.25) is 4.79 Å². The Labute approximate surface area is 119 Å². The Hall–Kier alpha value is -2.04. The van der Waals surface area contributed by atoms with E-state index < -0.39 is 0 Å². The molecule has 1 aromatic carbocycles. The minimum absolute atomic E-state index is 0.00445. The summed E-state index contributed by atoms with van der Waals surface area (Å²) in [6, 6.07) is 7.99. The van der Waals surface area contributed by atoms with E-state index in [9.17, 15) is 4.79 Å². The number of nitrogens with zero attached hydrogens (tertiary/aromatic N) is 2. The largest absolute Gasteiger partial charge is 0.370 e. The number of para-hydroxylation sites is 1. The number of hydrogen-bond donors (Lipinski definition) is 2. The Morgan fingerprint density at radius 2 is 2.25 bits per heavy atom. The van der Waals surface area contributed by atoms with Crippen LogP contribution in [0.25, 0.3) is 0 Å². The predicted octanol–water partition coefficient (Wildman–Crippen LogP) is 1.28. The summed E-state index contributed by atoms with van der Waals surface area (Å²) in [5, 5.41) is 3.01. The van der Waals surface area contributed by atoms with E-state index in [-0.39, 0.29) is 12.5 Å². The summed E-state index contributed by atoms with van der Waals surface area (Å²) in [7, 11) is 0. The second-order valence-corrected chi connectivity index (χ2v) is 4.91. The summed E-state index contributed by atoms with van der Waals surface area (Å²) in [4.78, 5) is 18.1. The average molecular weight is 274 g/mol. The first kappa shape index (κ1) is 14.4. The van der Waals surface area contributed by atoms with Crippen LogP contribution in [0.2, 0.25) is 0 Å². The molecule has 1 heterocycles. The summed E-state index contributed by atoms with van der Waals surface area (Å²) < 4.78 is 0. The summed E-state index contributed by atoms with van der Waals surface area (Å²) in [5.74, 6) is 0.342. The van der Waals surface area contributed by atoms with Gasteiger partial charge >= 0.3 is 0 Å². The molecule has 0 spiro atoms. The molecule has 5 nitrogen and oxygen atoms in total. The first-order valence-corrected chi connectivity index (χ1v) is 7.14. The standard InChI is InChI=1S/C15H22N4O/c1-2-3-9-17-15(16)18-11-14(20)19-10-8-12-6-4-5-7-13(12)19/h4-7H,2-3,8-11H2,1H3,(H3,16,17,18). The Balaban J connectivity index is 1.89. The molecule has 0 bridgehead atoms. The van der Waals surface area contributed by atoms with Crippen LogP contribution in [0.4, 0.5) is 5.69 Å². The number of rotatable bonds is 5. The summed E-state index contributed by atoms with van der Waals surface area (Å²) in [5.41, 5.74) is 7.95. The van der Waals surface area contributed by atoms with E-state index in [1.54, 1.807) is 4.90 Å². The Morgan fingerprint density at radius 1 is 1.45 bits per heavy atom. The van der Waals surface area contributed by atoms with Crippen LogP contribution in [0.1, 0.15) is 25.3 Å². The zero-order valence-corrected chi connectivity index (χ0v) is 11.9. The molecule has 2 rings (SSSR count). The summed E-state index contributed by atoms with van der Waals surface area (Å²) in [6.07, 6.45) is 3.06. The number of fused-ring (bicyclic) bond motifs is 1. The van der Waals surface area contributed by atoms with Gasteiger partial charge in [0.1, 0.15) is 6.54 Å². The number of carbonyl (C=O) groups excluding carboxylic acids is 1. The molecule has 0 saturated heterocycles. The van der Waals surface area contributed by atoms with Crippen LogP contribution in [0, 0.1) is 0 Å². The second kappa shape index (κ2) is 6.93. The lowest BCUT2D eigenvalue weighted by molar-refractivity contribution is -0.117. The zero-order chi connectivity index (χ0) is 14.4. The maximum atomic E-state index is 12.2. The summed E-state index contributed by atoms with van der Waals surface area (Å²) in [6.45, 7) is 3.74. The lowest BCUT2D eigenvalue weighted by Gasteiger charge is -2.16. The van der Waals surface area contributed by atoms with E-state index in [4.69, 9.17) is 5.73 Å². The number of hydrogen-bond acceptors (Lipinski definition) is 2. The molecular formula is C15H22N4O. The SMILES string of the molecule is CCCCNC(N)=NCC(=O)N1CCc2ccccc21. The van der Waals surface area contributed by atoms with Gasteiger partial charge in [-0.2, -0.15) is 0 Å². The molecule has 0 unspecified atom stereocenters. The molecule has 1 amide bonds. The minimum Gasteiger partial charge on any atom is -0.370 e. The van der Waals surface area contributed by atoms with Gasteiger partial charge in [0.15, 0.2) is 5.96 Å². The number of guanidine groups is 1. The van der Waals surface area contributed by atoms with Gasteiger partial charge in [0.2, 0.25) is 5.91 Å². The molecule has 1 aliphatic rings. The molecular weight excluding hydrogens is 252 g/mol. The van der Waals surface area contributed by atoms with Crippen LogP contribution < -0.4 is 16.0 Å². The van der Waals surface area contributed by atoms with Crippen molar-refractivity contribution >= 4 is 17.6 Å². The lowest BCUT2D eigenvalue weighted by Crippen LogP contribution is -2.35. The van der Waals surface area contributed by atoms with Crippen molar-refractivity contribution < 1.29 is 4.79 Å². The molecule has 0 radical (unpaired) electrons. The highest BCUT2D eigenvalue weighted by atomic mass is 16.2. The van der Waals surface area contributed by atoms with E-state index >= 15 is 0 Å². The van der Waals surface area contributed by atoms with Crippen molar-refractivity contribution in [2.24, 2.45) is 10.7 Å². The van der Waals surface area contributed by atoms with Crippen LogP contribution in [-0.4, -0.2) is 31.5 Å². The Kier molecular flexibility index (Phi) is 4.98. The molecule has 0 atom stereocenters. The molecule has 1 aromatic rings. The third-order valence-corrected chi connectivity index (χ3v) is 3.41. The van der Waals surface area contributed by atoms with Gasteiger partial charge in [-0.1, -0.05) is 31.5 Å². The number of nitrogens with two attached hydrogens (primary N) is 1. The molecule has 0 aliphatic carbocycles. The van der Waals surface area contributed by atoms with Crippen LogP contribution in [0.3, 0.4) is 0 Å². The van der Waals surface area contributed by atoms with Gasteiger partial charge in [-0.25, -0.2) is 4.99 Å². The number of nitrogens with one attached hydrogen (secondary N) is 1. The van der Waals surface area contributed by atoms with Gasteiger partial charge < -0.3 is 16.0 Å². The van der Waals surface area contributed by atoms with Gasteiger partial charge in [0.25, 0.3) is 0 Å². The summed E-state index contributed by atoms with van der Waals surface area (Å²) >= 11 is 0. The highest BCUT2D eigenvalue weighted by molar-refractivity contribution is 5.97. The van der Waals surface area contributed by atoms with Crippen molar-refractivity contribution in [2.75, 3.05) is 24.5 Å². The normalized spacial score (nSPS) is 14.2. The van der Waals surface area contributed by atoms with E-state index in [0.29, 0.717) is 5.96 Å². The van der Waals surface area contributed by atoms with Crippen LogP contribution >= 0.6 is 0 Å². The number of aliphatic imine (C=N–C) groups is 1. The zero-order valence-electron chi connectivity index (χ0n) is 11.9. The maximum absolute atomic E-state index is 12.2. The smallest absolute Gasteiger partial charge is 0.248 e. The first-order valence-electron chi connectivity index (χ1n) is 7.14. The van der Waals surface area contributed by atoms with Gasteiger partial charge in [0.05, 0.1) is 0 Å². The molecule has 0 aromatic heterocycles. The van der Waals surface area contributed by atoms with E-state index in [2.05, 4.69) is 23.3 Å². The monoisotopic (exact) mass is 274 g/mol.